The molecule has 2 rings (SSSR count). The second-order valence-corrected chi connectivity index (χ2v) is 4.78. The Hall–Kier alpha value is -1.75. The number of rotatable bonds is 4. The van der Waals surface area contributed by atoms with Gasteiger partial charge in [0.2, 0.25) is 0 Å². The highest BCUT2D eigenvalue weighted by atomic mass is 19.4. The summed E-state index contributed by atoms with van der Waals surface area (Å²) in [6.07, 6.45) is -4.96. The first-order chi connectivity index (χ1) is 9.42. The first kappa shape index (κ1) is 14.7. The van der Waals surface area contributed by atoms with E-state index in [0.29, 0.717) is 6.54 Å². The maximum atomic E-state index is 12.3. The maximum absolute atomic E-state index is 12.3. The van der Waals surface area contributed by atoms with Gasteiger partial charge in [0.15, 0.2) is 0 Å². The van der Waals surface area contributed by atoms with Crippen LogP contribution in [0.4, 0.5) is 18.9 Å². The molecule has 0 saturated carbocycles. The molecule has 0 aliphatic carbocycles. The van der Waals surface area contributed by atoms with Crippen LogP contribution in [-0.2, 0) is 6.54 Å². The lowest BCUT2D eigenvalue weighted by atomic mass is 10.0. The van der Waals surface area contributed by atoms with E-state index < -0.39 is 12.6 Å². The summed E-state index contributed by atoms with van der Waals surface area (Å²) in [5, 5.41) is 1.92. The highest BCUT2D eigenvalue weighted by Crippen LogP contribution is 2.30. The fourth-order valence-electron chi connectivity index (χ4n) is 2.27. The van der Waals surface area contributed by atoms with Crippen molar-refractivity contribution in [3.63, 3.8) is 0 Å². The lowest BCUT2D eigenvalue weighted by molar-refractivity contribution is -0.132. The molecule has 0 aromatic heterocycles. The largest absolute Gasteiger partial charge is 0.390 e. The highest BCUT2D eigenvalue weighted by Gasteiger charge is 2.27. The molecule has 0 spiro atoms. The zero-order chi connectivity index (χ0) is 14.8. The Labute approximate surface area is 116 Å². The minimum absolute atomic E-state index is 0.0601. The summed E-state index contributed by atoms with van der Waals surface area (Å²) in [5.74, 6) is 0. The van der Waals surface area contributed by atoms with Crippen molar-refractivity contribution >= 4 is 16.5 Å². The Morgan fingerprint density at radius 3 is 2.30 bits per heavy atom. The normalized spacial score (nSPS) is 11.8. The molecule has 0 unspecified atom stereocenters. The molecule has 0 aliphatic heterocycles. The summed E-state index contributed by atoms with van der Waals surface area (Å²) in [5.41, 5.74) is 7.48. The number of alkyl halides is 3. The lowest BCUT2D eigenvalue weighted by Crippen LogP contribution is -2.24. The first-order valence-corrected chi connectivity index (χ1v) is 6.41. The van der Waals surface area contributed by atoms with E-state index in [2.05, 4.69) is 0 Å². The molecule has 0 radical (unpaired) electrons. The average Bonchev–Trinajstić information content (AvgIpc) is 2.42. The van der Waals surface area contributed by atoms with Gasteiger partial charge in [0.1, 0.15) is 0 Å². The van der Waals surface area contributed by atoms with E-state index in [1.807, 2.05) is 36.4 Å². The second kappa shape index (κ2) is 5.71. The number of halogens is 3. The molecule has 0 bridgehead atoms. The van der Waals surface area contributed by atoms with Crippen molar-refractivity contribution in [1.82, 2.24) is 0 Å². The molecule has 0 amide bonds. The van der Waals surface area contributed by atoms with Crippen molar-refractivity contribution < 1.29 is 13.2 Å². The van der Waals surface area contributed by atoms with Gasteiger partial charge in [-0.2, -0.15) is 13.2 Å². The number of benzene rings is 2. The van der Waals surface area contributed by atoms with Crippen molar-refractivity contribution in [2.45, 2.75) is 19.1 Å². The van der Waals surface area contributed by atoms with Gasteiger partial charge < -0.3 is 10.6 Å². The van der Waals surface area contributed by atoms with Crippen LogP contribution in [0.5, 0.6) is 0 Å². The minimum atomic E-state index is -4.14. The fourth-order valence-corrected chi connectivity index (χ4v) is 2.27. The monoisotopic (exact) mass is 282 g/mol. The first-order valence-electron chi connectivity index (χ1n) is 6.41. The number of nitrogens with zero attached hydrogens (tertiary/aromatic N) is 1. The molecule has 2 aromatic carbocycles. The Morgan fingerprint density at radius 2 is 1.70 bits per heavy atom. The third kappa shape index (κ3) is 3.22. The van der Waals surface area contributed by atoms with E-state index in [1.165, 1.54) is 0 Å². The van der Waals surface area contributed by atoms with Crippen LogP contribution in [0.3, 0.4) is 0 Å². The summed E-state index contributed by atoms with van der Waals surface area (Å²) in [6, 6.07) is 11.3. The molecule has 2 N–H and O–H groups in total. The molecular weight excluding hydrogens is 265 g/mol. The topological polar surface area (TPSA) is 29.3 Å². The predicted octanol–water partition coefficient (Wildman–Crippen LogP) is 3.69. The van der Waals surface area contributed by atoms with Gasteiger partial charge >= 0.3 is 6.18 Å². The minimum Gasteiger partial charge on any atom is -0.374 e. The standard InChI is InChI=1S/C15H17F3N2/c1-20(9-8-15(16,17)18)14-7-6-11(10-19)12-4-2-3-5-13(12)14/h2-7H,8-10,19H2,1H3. The third-order valence-electron chi connectivity index (χ3n) is 3.35. The molecular formula is C15H17F3N2. The summed E-state index contributed by atoms with van der Waals surface area (Å²) < 4.78 is 37.0. The Kier molecular flexibility index (Phi) is 4.18. The van der Waals surface area contributed by atoms with Crippen molar-refractivity contribution in [3.8, 4) is 0 Å². The Bertz CT molecular complexity index is 593. The number of hydrogen-bond donors (Lipinski definition) is 1. The van der Waals surface area contributed by atoms with Crippen LogP contribution >= 0.6 is 0 Å². The predicted molar refractivity (Wildman–Crippen MR) is 75.8 cm³/mol. The molecule has 2 nitrogen and oxygen atoms in total. The van der Waals surface area contributed by atoms with Crippen LogP contribution in [0.25, 0.3) is 10.8 Å². The molecule has 108 valence electrons. The van der Waals surface area contributed by atoms with Crippen molar-refractivity contribution in [2.75, 3.05) is 18.5 Å². The lowest BCUT2D eigenvalue weighted by Gasteiger charge is -2.22. The summed E-state index contributed by atoms with van der Waals surface area (Å²) in [7, 11) is 1.68. The van der Waals surface area contributed by atoms with Gasteiger partial charge in [-0.05, 0) is 17.0 Å². The molecule has 0 aliphatic rings. The fraction of sp³-hybridized carbons (Fsp3) is 0.333. The van der Waals surface area contributed by atoms with Crippen LogP contribution < -0.4 is 10.6 Å². The molecule has 0 saturated heterocycles. The number of anilines is 1. The Balaban J connectivity index is 2.35. The quantitative estimate of drug-likeness (QED) is 0.926. The van der Waals surface area contributed by atoms with Crippen LogP contribution in [0.1, 0.15) is 12.0 Å². The van der Waals surface area contributed by atoms with Crippen molar-refractivity contribution in [1.29, 1.82) is 0 Å². The van der Waals surface area contributed by atoms with E-state index in [1.54, 1.807) is 11.9 Å². The maximum Gasteiger partial charge on any atom is 0.390 e. The molecule has 20 heavy (non-hydrogen) atoms. The Morgan fingerprint density at radius 1 is 1.05 bits per heavy atom. The third-order valence-corrected chi connectivity index (χ3v) is 3.35. The second-order valence-electron chi connectivity index (χ2n) is 4.78. The summed E-state index contributed by atoms with van der Waals surface area (Å²) in [6.45, 7) is 0.350. The SMILES string of the molecule is CN(CCC(F)(F)F)c1ccc(CN)c2ccccc12. The summed E-state index contributed by atoms with van der Waals surface area (Å²) in [4.78, 5) is 1.64. The zero-order valence-electron chi connectivity index (χ0n) is 11.2. The summed E-state index contributed by atoms with van der Waals surface area (Å²) >= 11 is 0. The van der Waals surface area contributed by atoms with E-state index in [-0.39, 0.29) is 6.54 Å². The molecule has 0 atom stereocenters. The van der Waals surface area contributed by atoms with Crippen molar-refractivity contribution in [3.05, 3.63) is 42.0 Å². The van der Waals surface area contributed by atoms with E-state index >= 15 is 0 Å². The van der Waals surface area contributed by atoms with Gasteiger partial charge in [0.25, 0.3) is 0 Å². The number of nitrogens with two attached hydrogens (primary N) is 1. The van der Waals surface area contributed by atoms with E-state index in [0.717, 1.165) is 22.0 Å². The van der Waals surface area contributed by atoms with Crippen molar-refractivity contribution in [2.24, 2.45) is 5.73 Å². The van der Waals surface area contributed by atoms with Crippen LogP contribution in [0.15, 0.2) is 36.4 Å². The van der Waals surface area contributed by atoms with Gasteiger partial charge in [-0.15, -0.1) is 0 Å². The van der Waals surface area contributed by atoms with Gasteiger partial charge in [-0.25, -0.2) is 0 Å². The number of hydrogen-bond acceptors (Lipinski definition) is 2. The van der Waals surface area contributed by atoms with Crippen LogP contribution in [0.2, 0.25) is 0 Å². The zero-order valence-corrected chi connectivity index (χ0v) is 11.2. The average molecular weight is 282 g/mol. The van der Waals surface area contributed by atoms with Crippen LogP contribution in [0, 0.1) is 0 Å². The van der Waals surface area contributed by atoms with Gasteiger partial charge in [0.05, 0.1) is 6.42 Å². The van der Waals surface area contributed by atoms with Gasteiger partial charge in [0, 0.05) is 31.2 Å². The smallest absolute Gasteiger partial charge is 0.374 e. The molecule has 0 fully saturated rings. The highest BCUT2D eigenvalue weighted by molar-refractivity contribution is 5.96. The molecule has 2 aromatic rings. The molecule has 0 heterocycles. The van der Waals surface area contributed by atoms with E-state index in [9.17, 15) is 13.2 Å². The van der Waals surface area contributed by atoms with Crippen LogP contribution in [-0.4, -0.2) is 19.8 Å². The molecule has 5 heteroatoms. The van der Waals surface area contributed by atoms with Gasteiger partial charge in [-0.3, -0.25) is 0 Å². The van der Waals surface area contributed by atoms with E-state index in [4.69, 9.17) is 5.73 Å². The number of fused-ring (bicyclic) bond motifs is 1. The van der Waals surface area contributed by atoms with Gasteiger partial charge in [-0.1, -0.05) is 30.3 Å².